The Balaban J connectivity index is 1.57. The zero-order chi connectivity index (χ0) is 22.4. The van der Waals surface area contributed by atoms with Crippen LogP contribution >= 0.6 is 0 Å². The second-order valence-electron chi connectivity index (χ2n) is 9.42. The van der Waals surface area contributed by atoms with Crippen LogP contribution in [-0.2, 0) is 14.9 Å². The maximum Gasteiger partial charge on any atom is 0.197 e. The summed E-state index contributed by atoms with van der Waals surface area (Å²) in [4.78, 5) is 13.3. The van der Waals surface area contributed by atoms with E-state index < -0.39 is 11.2 Å². The maximum absolute atomic E-state index is 13.3. The van der Waals surface area contributed by atoms with Gasteiger partial charge in [-0.25, -0.2) is 0 Å². The first-order valence-corrected chi connectivity index (χ1v) is 10.8. The van der Waals surface area contributed by atoms with Crippen LogP contribution in [0.15, 0.2) is 46.9 Å². The third-order valence-electron chi connectivity index (χ3n) is 6.19. The SMILES string of the molecule is COC(C)(C)OC[C@@H](C)CNc1ccc2c(c1)C(C)(C)c1oc3ccccc3c1C2=O. The summed E-state index contributed by atoms with van der Waals surface area (Å²) in [5.41, 5.74) is 3.75. The number of rotatable bonds is 7. The molecule has 1 aliphatic carbocycles. The fourth-order valence-electron chi connectivity index (χ4n) is 4.09. The van der Waals surface area contributed by atoms with Crippen molar-refractivity contribution in [2.24, 2.45) is 5.92 Å². The Hall–Kier alpha value is -2.63. The normalized spacial score (nSPS) is 16.1. The van der Waals surface area contributed by atoms with Gasteiger partial charge in [-0.1, -0.05) is 25.1 Å². The van der Waals surface area contributed by atoms with Gasteiger partial charge >= 0.3 is 0 Å². The van der Waals surface area contributed by atoms with Crippen LogP contribution in [0.25, 0.3) is 11.0 Å². The van der Waals surface area contributed by atoms with Gasteiger partial charge in [-0.2, -0.15) is 0 Å². The molecule has 1 atom stereocenters. The first-order chi connectivity index (χ1) is 14.6. The number of carbonyl (C=O) groups excluding carboxylic acids is 1. The molecule has 0 bridgehead atoms. The monoisotopic (exact) mass is 421 g/mol. The van der Waals surface area contributed by atoms with Gasteiger partial charge in [-0.3, -0.25) is 4.79 Å². The number of methoxy groups -OCH3 is 1. The summed E-state index contributed by atoms with van der Waals surface area (Å²) < 4.78 is 17.3. The summed E-state index contributed by atoms with van der Waals surface area (Å²) in [7, 11) is 1.65. The van der Waals surface area contributed by atoms with Crippen molar-refractivity contribution in [2.75, 3.05) is 25.6 Å². The number of carbonyl (C=O) groups is 1. The molecular weight excluding hydrogens is 390 g/mol. The predicted octanol–water partition coefficient (Wildman–Crippen LogP) is 5.75. The highest BCUT2D eigenvalue weighted by Crippen LogP contribution is 2.45. The van der Waals surface area contributed by atoms with Crippen LogP contribution in [0.5, 0.6) is 0 Å². The van der Waals surface area contributed by atoms with E-state index in [2.05, 4.69) is 32.2 Å². The summed E-state index contributed by atoms with van der Waals surface area (Å²) >= 11 is 0. The topological polar surface area (TPSA) is 60.7 Å². The van der Waals surface area contributed by atoms with Crippen LogP contribution in [0.2, 0.25) is 0 Å². The molecule has 31 heavy (non-hydrogen) atoms. The Morgan fingerprint density at radius 2 is 1.90 bits per heavy atom. The summed E-state index contributed by atoms with van der Waals surface area (Å²) in [6, 6.07) is 13.7. The average Bonchev–Trinajstić information content (AvgIpc) is 3.16. The van der Waals surface area contributed by atoms with E-state index >= 15 is 0 Å². The second-order valence-corrected chi connectivity index (χ2v) is 9.42. The van der Waals surface area contributed by atoms with E-state index in [-0.39, 0.29) is 5.78 Å². The van der Waals surface area contributed by atoms with E-state index in [1.165, 1.54) is 0 Å². The second kappa shape index (κ2) is 7.81. The molecule has 1 aliphatic rings. The van der Waals surface area contributed by atoms with Crippen LogP contribution in [0.1, 0.15) is 61.9 Å². The number of ether oxygens (including phenoxy) is 2. The lowest BCUT2D eigenvalue weighted by Gasteiger charge is -2.31. The van der Waals surface area contributed by atoms with Crippen LogP contribution < -0.4 is 5.32 Å². The van der Waals surface area contributed by atoms with Gasteiger partial charge in [0, 0.05) is 35.7 Å². The van der Waals surface area contributed by atoms with Crippen molar-refractivity contribution in [1.29, 1.82) is 0 Å². The van der Waals surface area contributed by atoms with Gasteiger partial charge in [0.1, 0.15) is 11.3 Å². The minimum absolute atomic E-state index is 0.0318. The van der Waals surface area contributed by atoms with Gasteiger partial charge in [-0.05, 0) is 63.4 Å². The molecule has 1 N–H and O–H groups in total. The van der Waals surface area contributed by atoms with Crippen molar-refractivity contribution in [2.45, 2.75) is 45.8 Å². The third-order valence-corrected chi connectivity index (χ3v) is 6.19. The van der Waals surface area contributed by atoms with Gasteiger partial charge in [0.25, 0.3) is 0 Å². The number of hydrogen-bond acceptors (Lipinski definition) is 5. The lowest BCUT2D eigenvalue weighted by atomic mass is 9.71. The average molecular weight is 422 g/mol. The van der Waals surface area contributed by atoms with E-state index in [1.54, 1.807) is 7.11 Å². The van der Waals surface area contributed by atoms with Crippen LogP contribution in [0.4, 0.5) is 5.69 Å². The van der Waals surface area contributed by atoms with Crippen LogP contribution in [0, 0.1) is 5.92 Å². The number of fused-ring (bicyclic) bond motifs is 4. The largest absolute Gasteiger partial charge is 0.459 e. The Morgan fingerprint density at radius 3 is 2.65 bits per heavy atom. The molecule has 0 aliphatic heterocycles. The fraction of sp³-hybridized carbons (Fsp3) is 0.423. The van der Waals surface area contributed by atoms with Gasteiger partial charge in [0.15, 0.2) is 11.6 Å². The predicted molar refractivity (Wildman–Crippen MR) is 123 cm³/mol. The van der Waals surface area contributed by atoms with Crippen LogP contribution in [0.3, 0.4) is 0 Å². The zero-order valence-electron chi connectivity index (χ0n) is 19.2. The molecule has 164 valence electrons. The first-order valence-electron chi connectivity index (χ1n) is 10.8. The number of hydrogen-bond donors (Lipinski definition) is 1. The Bertz CT molecular complexity index is 1130. The van der Waals surface area contributed by atoms with E-state index in [4.69, 9.17) is 13.9 Å². The minimum Gasteiger partial charge on any atom is -0.459 e. The summed E-state index contributed by atoms with van der Waals surface area (Å²) in [5, 5.41) is 4.37. The molecule has 0 saturated carbocycles. The van der Waals surface area contributed by atoms with Crippen molar-refractivity contribution >= 4 is 22.4 Å². The number of nitrogens with one attached hydrogen (secondary N) is 1. The van der Waals surface area contributed by atoms with Gasteiger partial charge in [-0.15, -0.1) is 0 Å². The van der Waals surface area contributed by atoms with E-state index in [9.17, 15) is 4.79 Å². The number of anilines is 1. The number of furan rings is 1. The fourth-order valence-corrected chi connectivity index (χ4v) is 4.09. The molecule has 0 unspecified atom stereocenters. The molecule has 0 saturated heterocycles. The van der Waals surface area contributed by atoms with E-state index in [1.807, 2.05) is 50.2 Å². The van der Waals surface area contributed by atoms with Crippen molar-refractivity contribution in [3.05, 3.63) is 64.9 Å². The third kappa shape index (κ3) is 3.88. The summed E-state index contributed by atoms with van der Waals surface area (Å²) in [6.45, 7) is 11.5. The molecule has 4 rings (SSSR count). The molecule has 5 nitrogen and oxygen atoms in total. The van der Waals surface area contributed by atoms with Gasteiger partial charge in [0.05, 0.1) is 12.2 Å². The zero-order valence-corrected chi connectivity index (χ0v) is 19.2. The highest BCUT2D eigenvalue weighted by molar-refractivity contribution is 6.19. The summed E-state index contributed by atoms with van der Waals surface area (Å²) in [6.07, 6.45) is 0. The smallest absolute Gasteiger partial charge is 0.197 e. The molecule has 3 aromatic rings. The molecular formula is C26H31NO4. The summed E-state index contributed by atoms with van der Waals surface area (Å²) in [5.74, 6) is 0.479. The molecule has 2 aromatic carbocycles. The van der Waals surface area contributed by atoms with E-state index in [0.717, 1.165) is 40.1 Å². The number of ketones is 1. The number of benzene rings is 2. The molecule has 1 aromatic heterocycles. The van der Waals surface area contributed by atoms with Crippen LogP contribution in [-0.4, -0.2) is 31.8 Å². The Labute approximate surface area is 183 Å². The number of para-hydroxylation sites is 1. The van der Waals surface area contributed by atoms with Crippen molar-refractivity contribution in [1.82, 2.24) is 0 Å². The molecule has 0 spiro atoms. The van der Waals surface area contributed by atoms with Gasteiger partial charge in [0.2, 0.25) is 0 Å². The van der Waals surface area contributed by atoms with Gasteiger partial charge < -0.3 is 19.2 Å². The Kier molecular flexibility index (Phi) is 5.44. The van der Waals surface area contributed by atoms with Crippen molar-refractivity contribution in [3.63, 3.8) is 0 Å². The quantitative estimate of drug-likeness (QED) is 0.492. The lowest BCUT2D eigenvalue weighted by molar-refractivity contribution is -0.202. The molecule has 0 fully saturated rings. The molecule has 0 radical (unpaired) electrons. The van der Waals surface area contributed by atoms with E-state index in [0.29, 0.717) is 18.1 Å². The first kappa shape index (κ1) is 21.6. The standard InChI is InChI=1S/C26H31NO4/c1-16(15-30-26(4,5)29-6)14-27-17-11-12-18-20(13-17)25(2,3)24-22(23(18)28)19-9-7-8-10-21(19)31-24/h7-13,16,27H,14-15H2,1-6H3/t16-/m0/s1. The Morgan fingerprint density at radius 1 is 1.16 bits per heavy atom. The van der Waals surface area contributed by atoms with Crippen molar-refractivity contribution in [3.8, 4) is 0 Å². The van der Waals surface area contributed by atoms with Crippen molar-refractivity contribution < 1.29 is 18.7 Å². The molecule has 5 heteroatoms. The lowest BCUT2D eigenvalue weighted by Crippen LogP contribution is -2.31. The highest BCUT2D eigenvalue weighted by Gasteiger charge is 2.41. The molecule has 0 amide bonds. The highest BCUT2D eigenvalue weighted by atomic mass is 16.7. The maximum atomic E-state index is 13.3. The molecule has 1 heterocycles. The minimum atomic E-state index is -0.589.